The van der Waals surface area contributed by atoms with Crippen LogP contribution in [0, 0.1) is 0 Å². The molecule has 0 aliphatic carbocycles. The minimum absolute atomic E-state index is 0.320. The van der Waals surface area contributed by atoms with E-state index in [-0.39, 0.29) is 5.91 Å². The minimum Gasteiger partial charge on any atom is -0.343 e. The van der Waals surface area contributed by atoms with E-state index in [4.69, 9.17) is 23.2 Å². The van der Waals surface area contributed by atoms with Gasteiger partial charge in [-0.2, -0.15) is 5.10 Å². The van der Waals surface area contributed by atoms with E-state index in [1.54, 1.807) is 40.3 Å². The van der Waals surface area contributed by atoms with Crippen LogP contribution in [0.25, 0.3) is 5.57 Å². The molecule has 144 valence electrons. The molecule has 2 aromatic heterocycles. The zero-order valence-corrected chi connectivity index (χ0v) is 17.4. The average Bonchev–Trinajstić information content (AvgIpc) is 3.34. The lowest BCUT2D eigenvalue weighted by molar-refractivity contribution is 0.102. The molecule has 0 atom stereocenters. The van der Waals surface area contributed by atoms with Crippen LogP contribution in [0.2, 0.25) is 10.0 Å². The third-order valence-corrected chi connectivity index (χ3v) is 5.84. The number of nitrogens with zero attached hydrogens (tertiary/aromatic N) is 4. The number of thiazole rings is 1. The van der Waals surface area contributed by atoms with E-state index in [2.05, 4.69) is 26.4 Å². The molecule has 0 fully saturated rings. The monoisotopic (exact) mass is 433 g/mol. The lowest BCUT2D eigenvalue weighted by Gasteiger charge is -2.26. The van der Waals surface area contributed by atoms with E-state index in [1.165, 1.54) is 0 Å². The summed E-state index contributed by atoms with van der Waals surface area (Å²) in [5.74, 6) is -0.320. The third kappa shape index (κ3) is 3.92. The van der Waals surface area contributed by atoms with E-state index in [0.29, 0.717) is 21.4 Å². The maximum atomic E-state index is 12.6. The Hall–Kier alpha value is -2.35. The van der Waals surface area contributed by atoms with Crippen molar-refractivity contribution in [1.29, 1.82) is 0 Å². The SMILES string of the molecule is Cn1nc(C(=O)Nc2ccc(Cl)cc2Cl)cc1C1=CCCN(c2nccs2)C1. The van der Waals surface area contributed by atoms with Gasteiger partial charge in [-0.3, -0.25) is 9.48 Å². The van der Waals surface area contributed by atoms with Crippen molar-refractivity contribution < 1.29 is 4.79 Å². The zero-order chi connectivity index (χ0) is 19.7. The number of aryl methyl sites for hydroxylation is 1. The number of carbonyl (C=O) groups excluding carboxylic acids is 1. The van der Waals surface area contributed by atoms with Crippen LogP contribution in [0.4, 0.5) is 10.8 Å². The smallest absolute Gasteiger partial charge is 0.276 e. The molecule has 1 aliphatic heterocycles. The first-order chi connectivity index (χ1) is 13.5. The van der Waals surface area contributed by atoms with Gasteiger partial charge in [-0.25, -0.2) is 4.98 Å². The maximum absolute atomic E-state index is 12.6. The summed E-state index contributed by atoms with van der Waals surface area (Å²) in [5, 5.41) is 11.0. The molecule has 0 saturated carbocycles. The number of aromatic nitrogens is 3. The second kappa shape index (κ2) is 7.95. The van der Waals surface area contributed by atoms with Crippen LogP contribution in [0.5, 0.6) is 0 Å². The quantitative estimate of drug-likeness (QED) is 0.645. The van der Waals surface area contributed by atoms with Gasteiger partial charge in [0.1, 0.15) is 0 Å². The van der Waals surface area contributed by atoms with Crippen LogP contribution in [-0.4, -0.2) is 33.8 Å². The van der Waals surface area contributed by atoms with E-state index >= 15 is 0 Å². The topological polar surface area (TPSA) is 63.1 Å². The molecule has 3 aromatic rings. The van der Waals surface area contributed by atoms with Crippen molar-refractivity contribution in [3.8, 4) is 0 Å². The number of halogens is 2. The van der Waals surface area contributed by atoms with Crippen LogP contribution in [0.1, 0.15) is 22.6 Å². The van der Waals surface area contributed by atoms with Crippen LogP contribution in [0.15, 0.2) is 41.9 Å². The fourth-order valence-corrected chi connectivity index (χ4v) is 4.25. The van der Waals surface area contributed by atoms with Gasteiger partial charge >= 0.3 is 0 Å². The third-order valence-electron chi connectivity index (χ3n) is 4.46. The van der Waals surface area contributed by atoms with E-state index in [1.807, 2.05) is 18.6 Å². The zero-order valence-electron chi connectivity index (χ0n) is 15.0. The lowest BCUT2D eigenvalue weighted by atomic mass is 10.1. The molecular formula is C19H17Cl2N5OS. The highest BCUT2D eigenvalue weighted by Crippen LogP contribution is 2.28. The Morgan fingerprint density at radius 2 is 2.14 bits per heavy atom. The maximum Gasteiger partial charge on any atom is 0.276 e. The average molecular weight is 434 g/mol. The highest BCUT2D eigenvalue weighted by atomic mass is 35.5. The van der Waals surface area contributed by atoms with Gasteiger partial charge in [-0.05, 0) is 36.3 Å². The molecule has 1 amide bonds. The molecule has 0 bridgehead atoms. The molecule has 0 spiro atoms. The van der Waals surface area contributed by atoms with E-state index in [0.717, 1.165) is 35.9 Å². The molecule has 0 unspecified atom stereocenters. The summed E-state index contributed by atoms with van der Waals surface area (Å²) < 4.78 is 1.73. The fraction of sp³-hybridized carbons (Fsp3) is 0.211. The van der Waals surface area contributed by atoms with Crippen LogP contribution >= 0.6 is 34.5 Å². The standard InChI is InChI=1S/C19H17Cl2N5OS/c1-25-17(12-3-2-7-26(11-12)19-22-6-8-28-19)10-16(24-25)18(27)23-15-5-4-13(20)9-14(15)21/h3-6,8-10H,2,7,11H2,1H3,(H,23,27). The highest BCUT2D eigenvalue weighted by Gasteiger charge is 2.21. The predicted molar refractivity (Wildman–Crippen MR) is 115 cm³/mol. The largest absolute Gasteiger partial charge is 0.343 e. The molecule has 0 saturated heterocycles. The Morgan fingerprint density at radius 3 is 2.89 bits per heavy atom. The molecule has 0 radical (unpaired) electrons. The van der Waals surface area contributed by atoms with Gasteiger partial charge in [0.2, 0.25) is 0 Å². The van der Waals surface area contributed by atoms with Gasteiger partial charge in [-0.1, -0.05) is 29.3 Å². The number of rotatable bonds is 4. The molecule has 6 nitrogen and oxygen atoms in total. The summed E-state index contributed by atoms with van der Waals surface area (Å²) in [5.41, 5.74) is 2.86. The first-order valence-electron chi connectivity index (χ1n) is 8.65. The Morgan fingerprint density at radius 1 is 1.29 bits per heavy atom. The molecule has 28 heavy (non-hydrogen) atoms. The number of carbonyl (C=O) groups is 1. The van der Waals surface area contributed by atoms with Crippen LogP contribution < -0.4 is 10.2 Å². The van der Waals surface area contributed by atoms with E-state index in [9.17, 15) is 4.79 Å². The van der Waals surface area contributed by atoms with Gasteiger partial charge in [0.05, 0.1) is 16.4 Å². The summed E-state index contributed by atoms with van der Waals surface area (Å²) >= 11 is 13.7. The first kappa shape index (κ1) is 19.0. The number of anilines is 2. The van der Waals surface area contributed by atoms with Crippen molar-refractivity contribution in [3.63, 3.8) is 0 Å². The number of hydrogen-bond acceptors (Lipinski definition) is 5. The second-order valence-electron chi connectivity index (χ2n) is 6.37. The van der Waals surface area contributed by atoms with Crippen molar-refractivity contribution in [2.45, 2.75) is 6.42 Å². The van der Waals surface area contributed by atoms with Gasteiger partial charge < -0.3 is 10.2 Å². The number of hydrogen-bond donors (Lipinski definition) is 1. The van der Waals surface area contributed by atoms with Crippen molar-refractivity contribution in [2.24, 2.45) is 7.05 Å². The number of amides is 1. The number of benzene rings is 1. The molecule has 3 heterocycles. The Bertz CT molecular complexity index is 1040. The molecule has 1 aliphatic rings. The summed E-state index contributed by atoms with van der Waals surface area (Å²) in [6.07, 6.45) is 4.92. The molecular weight excluding hydrogens is 417 g/mol. The molecule has 1 aromatic carbocycles. The summed E-state index contributed by atoms with van der Waals surface area (Å²) in [6.45, 7) is 1.66. The van der Waals surface area contributed by atoms with Crippen molar-refractivity contribution in [1.82, 2.24) is 14.8 Å². The normalized spacial score (nSPS) is 14.1. The van der Waals surface area contributed by atoms with Gasteiger partial charge in [0, 0.05) is 36.7 Å². The molecule has 4 rings (SSSR count). The first-order valence-corrected chi connectivity index (χ1v) is 10.3. The Balaban J connectivity index is 1.53. The Labute approximate surface area is 176 Å². The lowest BCUT2D eigenvalue weighted by Crippen LogP contribution is -2.29. The highest BCUT2D eigenvalue weighted by molar-refractivity contribution is 7.13. The molecule has 9 heteroatoms. The van der Waals surface area contributed by atoms with Gasteiger partial charge in [0.25, 0.3) is 5.91 Å². The van der Waals surface area contributed by atoms with Crippen LogP contribution in [-0.2, 0) is 7.05 Å². The van der Waals surface area contributed by atoms with E-state index < -0.39 is 0 Å². The van der Waals surface area contributed by atoms with Crippen molar-refractivity contribution in [3.05, 3.63) is 63.4 Å². The van der Waals surface area contributed by atoms with Gasteiger partial charge in [-0.15, -0.1) is 11.3 Å². The second-order valence-corrected chi connectivity index (χ2v) is 8.09. The van der Waals surface area contributed by atoms with Crippen molar-refractivity contribution >= 4 is 56.8 Å². The number of nitrogens with one attached hydrogen (secondary N) is 1. The Kier molecular flexibility index (Phi) is 5.39. The van der Waals surface area contributed by atoms with Crippen molar-refractivity contribution in [2.75, 3.05) is 23.3 Å². The fourth-order valence-electron chi connectivity index (χ4n) is 3.12. The summed E-state index contributed by atoms with van der Waals surface area (Å²) in [6, 6.07) is 6.73. The summed E-state index contributed by atoms with van der Waals surface area (Å²) in [4.78, 5) is 19.3. The predicted octanol–water partition coefficient (Wildman–Crippen LogP) is 4.73. The minimum atomic E-state index is -0.320. The summed E-state index contributed by atoms with van der Waals surface area (Å²) in [7, 11) is 1.84. The van der Waals surface area contributed by atoms with Crippen LogP contribution in [0.3, 0.4) is 0 Å². The molecule has 1 N–H and O–H groups in total. The van der Waals surface area contributed by atoms with Gasteiger partial charge in [0.15, 0.2) is 10.8 Å².